The molecule has 0 spiro atoms. The van der Waals surface area contributed by atoms with E-state index in [1.807, 2.05) is 42.6 Å². The first kappa shape index (κ1) is 20.8. The molecule has 0 atom stereocenters. The summed E-state index contributed by atoms with van der Waals surface area (Å²) in [5, 5.41) is 5.60. The van der Waals surface area contributed by atoms with Gasteiger partial charge in [0.2, 0.25) is 0 Å². The van der Waals surface area contributed by atoms with Crippen molar-refractivity contribution in [3.05, 3.63) is 89.9 Å². The summed E-state index contributed by atoms with van der Waals surface area (Å²) >= 11 is 0. The SMILES string of the molecule is O=C(NCc1ccc(F)cc1)Nc1ccc(CN2CCN(c3ccccn3)CC2)cc1. The third-order valence-corrected chi connectivity index (χ3v) is 5.33. The lowest BCUT2D eigenvalue weighted by molar-refractivity contribution is 0.249. The highest BCUT2D eigenvalue weighted by Gasteiger charge is 2.17. The molecule has 2 heterocycles. The van der Waals surface area contributed by atoms with Gasteiger partial charge < -0.3 is 15.5 Å². The maximum absolute atomic E-state index is 12.9. The maximum Gasteiger partial charge on any atom is 0.319 e. The highest BCUT2D eigenvalue weighted by atomic mass is 19.1. The van der Waals surface area contributed by atoms with Gasteiger partial charge in [0.05, 0.1) is 0 Å². The minimum Gasteiger partial charge on any atom is -0.354 e. The molecule has 0 aliphatic carbocycles. The van der Waals surface area contributed by atoms with Crippen molar-refractivity contribution >= 4 is 17.5 Å². The summed E-state index contributed by atoms with van der Waals surface area (Å²) in [6.45, 7) is 5.13. The fourth-order valence-corrected chi connectivity index (χ4v) is 3.59. The number of carbonyl (C=O) groups excluding carboxylic acids is 1. The van der Waals surface area contributed by atoms with Crippen LogP contribution in [0.15, 0.2) is 72.9 Å². The maximum atomic E-state index is 12.9. The molecule has 2 aromatic carbocycles. The Morgan fingerprint density at radius 1 is 0.903 bits per heavy atom. The number of nitrogens with zero attached hydrogens (tertiary/aromatic N) is 3. The lowest BCUT2D eigenvalue weighted by atomic mass is 10.1. The van der Waals surface area contributed by atoms with Crippen molar-refractivity contribution in [3.63, 3.8) is 0 Å². The molecule has 0 radical (unpaired) electrons. The minimum absolute atomic E-state index is 0.289. The van der Waals surface area contributed by atoms with Gasteiger partial charge in [0.25, 0.3) is 0 Å². The predicted octanol–water partition coefficient (Wildman–Crippen LogP) is 3.86. The van der Waals surface area contributed by atoms with Gasteiger partial charge in [-0.15, -0.1) is 0 Å². The molecular formula is C24H26FN5O. The van der Waals surface area contributed by atoms with Crippen LogP contribution in [0.1, 0.15) is 11.1 Å². The van der Waals surface area contributed by atoms with Crippen LogP contribution in [0, 0.1) is 5.82 Å². The molecule has 31 heavy (non-hydrogen) atoms. The van der Waals surface area contributed by atoms with Crippen LogP contribution < -0.4 is 15.5 Å². The van der Waals surface area contributed by atoms with Crippen LogP contribution in [0.5, 0.6) is 0 Å². The van der Waals surface area contributed by atoms with Crippen LogP contribution in [0.3, 0.4) is 0 Å². The Kier molecular flexibility index (Phi) is 6.74. The number of hydrogen-bond acceptors (Lipinski definition) is 4. The molecule has 1 saturated heterocycles. The molecule has 7 heteroatoms. The Bertz CT molecular complexity index is 971. The Morgan fingerprint density at radius 2 is 1.61 bits per heavy atom. The molecule has 1 aliphatic heterocycles. The monoisotopic (exact) mass is 419 g/mol. The van der Waals surface area contributed by atoms with E-state index in [2.05, 4.69) is 31.5 Å². The van der Waals surface area contributed by atoms with Gasteiger partial charge in [-0.1, -0.05) is 30.3 Å². The van der Waals surface area contributed by atoms with Crippen molar-refractivity contribution in [1.29, 1.82) is 0 Å². The van der Waals surface area contributed by atoms with Crippen LogP contribution in [0.25, 0.3) is 0 Å². The van der Waals surface area contributed by atoms with E-state index in [0.717, 1.165) is 49.8 Å². The van der Waals surface area contributed by atoms with E-state index in [9.17, 15) is 9.18 Å². The van der Waals surface area contributed by atoms with E-state index in [-0.39, 0.29) is 11.8 Å². The number of pyridine rings is 1. The van der Waals surface area contributed by atoms with Crippen LogP contribution in [-0.2, 0) is 13.1 Å². The molecule has 3 aromatic rings. The number of halogens is 1. The van der Waals surface area contributed by atoms with Crippen LogP contribution >= 0.6 is 0 Å². The fraction of sp³-hybridized carbons (Fsp3) is 0.250. The zero-order chi connectivity index (χ0) is 21.5. The molecule has 2 N–H and O–H groups in total. The number of carbonyl (C=O) groups is 1. The Balaban J connectivity index is 1.21. The summed E-state index contributed by atoms with van der Waals surface area (Å²) < 4.78 is 12.9. The molecule has 0 saturated carbocycles. The number of piperazine rings is 1. The first-order chi connectivity index (χ1) is 15.2. The lowest BCUT2D eigenvalue weighted by Crippen LogP contribution is -2.46. The Hall–Kier alpha value is -3.45. The van der Waals surface area contributed by atoms with Crippen molar-refractivity contribution in [3.8, 4) is 0 Å². The normalized spacial score (nSPS) is 14.3. The fourth-order valence-electron chi connectivity index (χ4n) is 3.59. The second kappa shape index (κ2) is 10.0. The summed E-state index contributed by atoms with van der Waals surface area (Å²) in [6, 6.07) is 19.7. The number of hydrogen-bond donors (Lipinski definition) is 2. The zero-order valence-corrected chi connectivity index (χ0v) is 17.3. The van der Waals surface area contributed by atoms with Gasteiger partial charge in [0.1, 0.15) is 11.6 Å². The molecule has 0 bridgehead atoms. The largest absolute Gasteiger partial charge is 0.354 e. The van der Waals surface area contributed by atoms with E-state index in [1.165, 1.54) is 17.7 Å². The molecule has 0 unspecified atom stereocenters. The summed E-state index contributed by atoms with van der Waals surface area (Å²) in [5.74, 6) is 0.749. The van der Waals surface area contributed by atoms with Crippen LogP contribution in [0.4, 0.5) is 20.7 Å². The first-order valence-corrected chi connectivity index (χ1v) is 10.4. The van der Waals surface area contributed by atoms with Gasteiger partial charge in [0.15, 0.2) is 0 Å². The molecule has 1 aromatic heterocycles. The molecular weight excluding hydrogens is 393 g/mol. The van der Waals surface area contributed by atoms with Gasteiger partial charge in [-0.05, 0) is 47.5 Å². The Labute approximate surface area is 181 Å². The molecule has 1 fully saturated rings. The molecule has 4 rings (SSSR count). The van der Waals surface area contributed by atoms with Gasteiger partial charge in [-0.3, -0.25) is 4.90 Å². The Morgan fingerprint density at radius 3 is 2.29 bits per heavy atom. The van der Waals surface area contributed by atoms with Crippen molar-refractivity contribution in [2.75, 3.05) is 36.4 Å². The van der Waals surface area contributed by atoms with Crippen molar-refractivity contribution in [2.45, 2.75) is 13.1 Å². The van der Waals surface area contributed by atoms with Crippen molar-refractivity contribution < 1.29 is 9.18 Å². The summed E-state index contributed by atoms with van der Waals surface area (Å²) in [5.41, 5.74) is 2.79. The van der Waals surface area contributed by atoms with Gasteiger partial charge in [-0.25, -0.2) is 14.2 Å². The van der Waals surface area contributed by atoms with Gasteiger partial charge in [-0.2, -0.15) is 0 Å². The summed E-state index contributed by atoms with van der Waals surface area (Å²) in [4.78, 5) is 21.3. The van der Waals surface area contributed by atoms with Gasteiger partial charge >= 0.3 is 6.03 Å². The number of rotatable bonds is 6. The lowest BCUT2D eigenvalue weighted by Gasteiger charge is -2.35. The third kappa shape index (κ3) is 6.02. The van der Waals surface area contributed by atoms with Crippen LogP contribution in [-0.4, -0.2) is 42.1 Å². The predicted molar refractivity (Wildman–Crippen MR) is 120 cm³/mol. The highest BCUT2D eigenvalue weighted by molar-refractivity contribution is 5.89. The second-order valence-corrected chi connectivity index (χ2v) is 7.58. The van der Waals surface area contributed by atoms with Crippen molar-refractivity contribution in [2.24, 2.45) is 0 Å². The van der Waals surface area contributed by atoms with Gasteiger partial charge in [0, 0.05) is 51.2 Å². The van der Waals surface area contributed by atoms with E-state index < -0.39 is 0 Å². The number of amides is 2. The van der Waals surface area contributed by atoms with E-state index in [1.54, 1.807) is 12.1 Å². The summed E-state index contributed by atoms with van der Waals surface area (Å²) in [7, 11) is 0. The number of benzene rings is 2. The molecule has 1 aliphatic rings. The number of aromatic nitrogens is 1. The third-order valence-electron chi connectivity index (χ3n) is 5.33. The quantitative estimate of drug-likeness (QED) is 0.637. The van der Waals surface area contributed by atoms with E-state index in [4.69, 9.17) is 0 Å². The van der Waals surface area contributed by atoms with Crippen LogP contribution in [0.2, 0.25) is 0 Å². The molecule has 6 nitrogen and oxygen atoms in total. The average Bonchev–Trinajstić information content (AvgIpc) is 2.81. The highest BCUT2D eigenvalue weighted by Crippen LogP contribution is 2.16. The minimum atomic E-state index is -0.289. The molecule has 160 valence electrons. The van der Waals surface area contributed by atoms with E-state index >= 15 is 0 Å². The molecule has 2 amide bonds. The van der Waals surface area contributed by atoms with E-state index in [0.29, 0.717) is 6.54 Å². The zero-order valence-electron chi connectivity index (χ0n) is 17.3. The second-order valence-electron chi connectivity index (χ2n) is 7.58. The first-order valence-electron chi connectivity index (χ1n) is 10.4. The summed E-state index contributed by atoms with van der Waals surface area (Å²) in [6.07, 6.45) is 1.83. The number of nitrogens with one attached hydrogen (secondary N) is 2. The standard InChI is InChI=1S/C24H26FN5O/c25-21-8-4-19(5-9-21)17-27-24(31)28-22-10-6-20(7-11-22)18-29-13-15-30(16-14-29)23-3-1-2-12-26-23/h1-12H,13-18H2,(H2,27,28,31). The average molecular weight is 420 g/mol. The smallest absolute Gasteiger partial charge is 0.319 e. The topological polar surface area (TPSA) is 60.5 Å². The van der Waals surface area contributed by atoms with Crippen molar-refractivity contribution in [1.82, 2.24) is 15.2 Å². The number of urea groups is 1. The number of anilines is 2.